The van der Waals surface area contributed by atoms with Crippen LogP contribution in [0, 0.1) is 6.92 Å². The fourth-order valence-electron chi connectivity index (χ4n) is 1.25. The standard InChI is InChI=1S/C9H11BrN4O3/c1-5-2-6(8(15)17-10)4-7(3-5)14(12)9(16)13-11/h2-4H,11-12H2,1H3,(H,13,16). The van der Waals surface area contributed by atoms with Crippen molar-refractivity contribution >= 4 is 33.9 Å². The zero-order valence-corrected chi connectivity index (χ0v) is 10.5. The highest BCUT2D eigenvalue weighted by Crippen LogP contribution is 2.18. The maximum Gasteiger partial charge on any atom is 0.350 e. The van der Waals surface area contributed by atoms with E-state index in [4.69, 9.17) is 11.7 Å². The van der Waals surface area contributed by atoms with E-state index < -0.39 is 12.0 Å². The summed E-state index contributed by atoms with van der Waals surface area (Å²) in [6.45, 7) is 1.75. The number of rotatable bonds is 2. The van der Waals surface area contributed by atoms with Crippen molar-refractivity contribution in [3.05, 3.63) is 29.3 Å². The SMILES string of the molecule is Cc1cc(C(=O)OBr)cc(N(N)C(=O)NN)c1. The maximum atomic E-state index is 11.3. The summed E-state index contributed by atoms with van der Waals surface area (Å²) in [6.07, 6.45) is 0. The molecule has 0 saturated heterocycles. The summed E-state index contributed by atoms with van der Waals surface area (Å²) in [5, 5.41) is 0.790. The molecule has 0 aliphatic rings. The van der Waals surface area contributed by atoms with Crippen molar-refractivity contribution in [2.24, 2.45) is 11.7 Å². The molecule has 0 radical (unpaired) electrons. The Labute approximate surface area is 106 Å². The molecule has 0 atom stereocenters. The second-order valence-electron chi connectivity index (χ2n) is 3.24. The number of urea groups is 1. The van der Waals surface area contributed by atoms with E-state index in [2.05, 4.69) is 20.1 Å². The minimum Gasteiger partial charge on any atom is -0.380 e. The normalized spacial score (nSPS) is 9.65. The van der Waals surface area contributed by atoms with Crippen molar-refractivity contribution in [1.82, 2.24) is 5.43 Å². The molecule has 0 unspecified atom stereocenters. The van der Waals surface area contributed by atoms with Gasteiger partial charge in [-0.1, -0.05) is 0 Å². The second kappa shape index (κ2) is 5.62. The van der Waals surface area contributed by atoms with E-state index >= 15 is 0 Å². The van der Waals surface area contributed by atoms with E-state index in [-0.39, 0.29) is 5.56 Å². The Morgan fingerprint density at radius 1 is 1.41 bits per heavy atom. The number of anilines is 1. The van der Waals surface area contributed by atoms with Crippen LogP contribution in [0.15, 0.2) is 18.2 Å². The van der Waals surface area contributed by atoms with Gasteiger partial charge in [-0.3, -0.25) is 5.43 Å². The Morgan fingerprint density at radius 2 is 2.06 bits per heavy atom. The Bertz CT molecular complexity index is 452. The third-order valence-electron chi connectivity index (χ3n) is 1.99. The van der Waals surface area contributed by atoms with E-state index in [0.29, 0.717) is 5.69 Å². The first-order valence-corrected chi connectivity index (χ1v) is 5.14. The number of halogens is 1. The second-order valence-corrected chi connectivity index (χ2v) is 3.57. The highest BCUT2D eigenvalue weighted by Gasteiger charge is 2.14. The first-order valence-electron chi connectivity index (χ1n) is 4.49. The molecule has 0 spiro atoms. The number of carbonyl (C=O) groups excluding carboxylic acids is 2. The summed E-state index contributed by atoms with van der Waals surface area (Å²) >= 11 is 2.59. The topological polar surface area (TPSA) is 111 Å². The molecule has 1 aromatic carbocycles. The Morgan fingerprint density at radius 3 is 2.59 bits per heavy atom. The van der Waals surface area contributed by atoms with E-state index in [0.717, 1.165) is 10.6 Å². The number of nitrogens with one attached hydrogen (secondary N) is 1. The van der Waals surface area contributed by atoms with Gasteiger partial charge < -0.3 is 3.83 Å². The number of hydrogen-bond acceptors (Lipinski definition) is 5. The quantitative estimate of drug-likeness (QED) is 0.423. The van der Waals surface area contributed by atoms with Crippen LogP contribution in [0.5, 0.6) is 0 Å². The summed E-state index contributed by atoms with van der Waals surface area (Å²) in [5.74, 6) is 9.87. The molecular weight excluding hydrogens is 292 g/mol. The van der Waals surface area contributed by atoms with Gasteiger partial charge in [0.25, 0.3) is 0 Å². The van der Waals surface area contributed by atoms with Crippen LogP contribution >= 0.6 is 16.3 Å². The average molecular weight is 303 g/mol. The minimum atomic E-state index is -0.700. The van der Waals surface area contributed by atoms with Crippen molar-refractivity contribution < 1.29 is 13.4 Å². The van der Waals surface area contributed by atoms with Gasteiger partial charge in [-0.05, 0) is 30.7 Å². The zero-order chi connectivity index (χ0) is 13.0. The lowest BCUT2D eigenvalue weighted by Gasteiger charge is -2.16. The lowest BCUT2D eigenvalue weighted by atomic mass is 10.1. The Hall–Kier alpha value is -1.64. The largest absolute Gasteiger partial charge is 0.380 e. The third kappa shape index (κ3) is 3.16. The zero-order valence-electron chi connectivity index (χ0n) is 8.94. The Balaban J connectivity index is 3.13. The van der Waals surface area contributed by atoms with E-state index in [9.17, 15) is 9.59 Å². The molecule has 5 N–H and O–H groups in total. The van der Waals surface area contributed by atoms with Gasteiger partial charge in [-0.2, -0.15) is 0 Å². The molecule has 7 nitrogen and oxygen atoms in total. The first-order chi connectivity index (χ1) is 7.99. The monoisotopic (exact) mass is 302 g/mol. The van der Waals surface area contributed by atoms with Crippen LogP contribution in [0.2, 0.25) is 0 Å². The summed E-state index contributed by atoms with van der Waals surface area (Å²) in [6, 6.07) is 3.93. The molecule has 0 fully saturated rings. The number of hydrogen-bond donors (Lipinski definition) is 3. The van der Waals surface area contributed by atoms with Crippen molar-refractivity contribution in [3.63, 3.8) is 0 Å². The van der Waals surface area contributed by atoms with Gasteiger partial charge in [0.15, 0.2) is 16.3 Å². The van der Waals surface area contributed by atoms with Crippen molar-refractivity contribution in [2.75, 3.05) is 5.01 Å². The van der Waals surface area contributed by atoms with Crippen LogP contribution in [0.25, 0.3) is 0 Å². The number of carbonyl (C=O) groups is 2. The van der Waals surface area contributed by atoms with Crippen molar-refractivity contribution in [2.45, 2.75) is 6.92 Å². The summed E-state index contributed by atoms with van der Waals surface area (Å²) < 4.78 is 4.40. The van der Waals surface area contributed by atoms with E-state index in [1.807, 2.05) is 5.43 Å². The number of aryl methyl sites for hydroxylation is 1. The van der Waals surface area contributed by atoms with Crippen LogP contribution in [0.4, 0.5) is 10.5 Å². The van der Waals surface area contributed by atoms with Crippen LogP contribution < -0.4 is 22.1 Å². The first kappa shape index (κ1) is 13.4. The number of nitrogens with two attached hydrogens (primary N) is 2. The van der Waals surface area contributed by atoms with Gasteiger partial charge in [0.2, 0.25) is 0 Å². The van der Waals surface area contributed by atoms with Crippen LogP contribution in [0.1, 0.15) is 15.9 Å². The highest BCUT2D eigenvalue weighted by molar-refractivity contribution is 9.06. The molecule has 1 rings (SSSR count). The van der Waals surface area contributed by atoms with Gasteiger partial charge >= 0.3 is 12.0 Å². The summed E-state index contributed by atoms with van der Waals surface area (Å²) in [5.41, 5.74) is 3.21. The van der Waals surface area contributed by atoms with Crippen molar-refractivity contribution in [1.29, 1.82) is 0 Å². The maximum absolute atomic E-state index is 11.3. The molecule has 0 saturated carbocycles. The van der Waals surface area contributed by atoms with Crippen LogP contribution in [-0.4, -0.2) is 12.0 Å². The molecule has 8 heteroatoms. The number of hydrazine groups is 2. The smallest absolute Gasteiger partial charge is 0.350 e. The summed E-state index contributed by atoms with van der Waals surface area (Å²) in [4.78, 5) is 22.5. The fraction of sp³-hybridized carbons (Fsp3) is 0.111. The molecule has 0 aliphatic carbocycles. The minimum absolute atomic E-state index is 0.261. The lowest BCUT2D eigenvalue weighted by molar-refractivity contribution is 0.0782. The van der Waals surface area contributed by atoms with Gasteiger partial charge in [-0.15, -0.1) is 0 Å². The molecule has 0 aliphatic heterocycles. The Kier molecular flexibility index (Phi) is 4.44. The van der Waals surface area contributed by atoms with Crippen molar-refractivity contribution in [3.8, 4) is 0 Å². The molecule has 92 valence electrons. The molecule has 1 aromatic rings. The number of amides is 2. The van der Waals surface area contributed by atoms with Gasteiger partial charge in [0.1, 0.15) is 0 Å². The van der Waals surface area contributed by atoms with Gasteiger partial charge in [0, 0.05) is 0 Å². The predicted octanol–water partition coefficient (Wildman–Crippen LogP) is 0.725. The molecule has 0 aromatic heterocycles. The van der Waals surface area contributed by atoms with Crippen LogP contribution in [-0.2, 0) is 3.83 Å². The van der Waals surface area contributed by atoms with E-state index in [1.54, 1.807) is 19.1 Å². The third-order valence-corrected chi connectivity index (χ3v) is 2.28. The van der Waals surface area contributed by atoms with Crippen LogP contribution in [0.3, 0.4) is 0 Å². The molecular formula is C9H11BrN4O3. The fourth-order valence-corrected chi connectivity index (χ4v) is 1.44. The molecule has 0 bridgehead atoms. The number of benzene rings is 1. The average Bonchev–Trinajstić information content (AvgIpc) is 2.35. The lowest BCUT2D eigenvalue weighted by Crippen LogP contribution is -2.47. The van der Waals surface area contributed by atoms with E-state index in [1.165, 1.54) is 6.07 Å². The van der Waals surface area contributed by atoms with Gasteiger partial charge in [-0.25, -0.2) is 26.3 Å². The predicted molar refractivity (Wildman–Crippen MR) is 64.9 cm³/mol. The molecule has 2 amide bonds. The number of nitrogens with zero attached hydrogens (tertiary/aromatic N) is 1. The molecule has 0 heterocycles. The highest BCUT2D eigenvalue weighted by atomic mass is 79.9. The molecule has 17 heavy (non-hydrogen) atoms. The summed E-state index contributed by atoms with van der Waals surface area (Å²) in [7, 11) is 0. The van der Waals surface area contributed by atoms with Gasteiger partial charge in [0.05, 0.1) is 11.3 Å².